The third kappa shape index (κ3) is 4.03. The predicted molar refractivity (Wildman–Crippen MR) is 104 cm³/mol. The van der Waals surface area contributed by atoms with Crippen molar-refractivity contribution in [1.29, 1.82) is 0 Å². The summed E-state index contributed by atoms with van der Waals surface area (Å²) in [5.74, 6) is -1.19. The lowest BCUT2D eigenvalue weighted by atomic mass is 10.1. The second-order valence-corrected chi connectivity index (χ2v) is 6.98. The smallest absolute Gasteiger partial charge is 0.344 e. The zero-order chi connectivity index (χ0) is 19.6. The van der Waals surface area contributed by atoms with E-state index >= 15 is 0 Å². The second kappa shape index (κ2) is 7.67. The Kier molecular flexibility index (Phi) is 5.32. The molecule has 0 aliphatic carbocycles. The van der Waals surface area contributed by atoms with E-state index in [0.29, 0.717) is 17.0 Å². The van der Waals surface area contributed by atoms with Crippen LogP contribution < -0.4 is 9.64 Å². The van der Waals surface area contributed by atoms with Crippen molar-refractivity contribution in [3.8, 4) is 5.75 Å². The number of para-hydroxylation sites is 1. The van der Waals surface area contributed by atoms with Gasteiger partial charge in [-0.25, -0.2) is 9.69 Å². The fraction of sp³-hybridized carbons (Fsp3) is 0.150. The molecule has 1 saturated heterocycles. The summed E-state index contributed by atoms with van der Waals surface area (Å²) in [5.41, 5.74) is 2.07. The van der Waals surface area contributed by atoms with E-state index in [1.807, 2.05) is 19.1 Å². The van der Waals surface area contributed by atoms with E-state index in [0.717, 1.165) is 22.2 Å². The van der Waals surface area contributed by atoms with Gasteiger partial charge in [0.15, 0.2) is 6.10 Å². The summed E-state index contributed by atoms with van der Waals surface area (Å²) >= 11 is 0.836. The number of aryl methyl sites for hydroxylation is 1. The van der Waals surface area contributed by atoms with Crippen LogP contribution in [-0.4, -0.2) is 28.3 Å². The number of carboxylic acids is 1. The number of aliphatic carboxylic acids is 1. The molecule has 0 aromatic heterocycles. The number of anilines is 1. The fourth-order valence-corrected chi connectivity index (χ4v) is 3.31. The Hall–Kier alpha value is -3.06. The third-order valence-electron chi connectivity index (χ3n) is 3.94. The number of nitrogens with zero attached hydrogens (tertiary/aromatic N) is 1. The lowest BCUT2D eigenvalue weighted by Gasteiger charge is -2.13. The van der Waals surface area contributed by atoms with E-state index in [9.17, 15) is 14.4 Å². The SMILES string of the molecule is Cc1ccc(N2C(=O)S/C(=C/c3ccccc3OC(C)C(=O)O)C2=O)cc1. The minimum atomic E-state index is -1.09. The molecule has 6 nitrogen and oxygen atoms in total. The minimum Gasteiger partial charge on any atom is -0.479 e. The van der Waals surface area contributed by atoms with E-state index in [1.54, 1.807) is 42.5 Å². The van der Waals surface area contributed by atoms with Crippen LogP contribution in [0.25, 0.3) is 6.08 Å². The largest absolute Gasteiger partial charge is 0.479 e. The number of amides is 2. The maximum atomic E-state index is 12.7. The van der Waals surface area contributed by atoms with Crippen LogP contribution in [0.2, 0.25) is 0 Å². The molecule has 1 heterocycles. The first-order chi connectivity index (χ1) is 12.9. The van der Waals surface area contributed by atoms with Crippen molar-refractivity contribution in [2.45, 2.75) is 20.0 Å². The van der Waals surface area contributed by atoms with Gasteiger partial charge in [-0.3, -0.25) is 9.59 Å². The summed E-state index contributed by atoms with van der Waals surface area (Å²) in [6.07, 6.45) is 0.505. The number of carboxylic acid groups (broad SMARTS) is 1. The standard InChI is InChI=1S/C20H17NO5S/c1-12-7-9-15(10-8-12)21-18(22)17(27-20(21)25)11-14-5-3-4-6-16(14)26-13(2)19(23)24/h3-11,13H,1-2H3,(H,23,24)/b17-11+. The van der Waals surface area contributed by atoms with Gasteiger partial charge in [0.25, 0.3) is 11.1 Å². The van der Waals surface area contributed by atoms with Gasteiger partial charge in [0.2, 0.25) is 0 Å². The van der Waals surface area contributed by atoms with Crippen LogP contribution in [-0.2, 0) is 9.59 Å². The van der Waals surface area contributed by atoms with E-state index in [4.69, 9.17) is 9.84 Å². The monoisotopic (exact) mass is 383 g/mol. The van der Waals surface area contributed by atoms with Crippen molar-refractivity contribution >= 4 is 40.6 Å². The molecule has 3 rings (SSSR count). The molecule has 27 heavy (non-hydrogen) atoms. The third-order valence-corrected chi connectivity index (χ3v) is 4.81. The summed E-state index contributed by atoms with van der Waals surface area (Å²) in [6.45, 7) is 3.34. The molecule has 2 aromatic carbocycles. The highest BCUT2D eigenvalue weighted by Crippen LogP contribution is 2.37. The number of imide groups is 1. The molecule has 1 N–H and O–H groups in total. The summed E-state index contributed by atoms with van der Waals surface area (Å²) in [5, 5.41) is 8.64. The molecule has 2 amide bonds. The first-order valence-corrected chi connectivity index (χ1v) is 9.01. The van der Waals surface area contributed by atoms with Gasteiger partial charge in [-0.1, -0.05) is 35.9 Å². The van der Waals surface area contributed by atoms with Gasteiger partial charge in [-0.15, -0.1) is 0 Å². The minimum absolute atomic E-state index is 0.250. The summed E-state index contributed by atoms with van der Waals surface area (Å²) < 4.78 is 5.44. The number of carbonyl (C=O) groups is 3. The van der Waals surface area contributed by atoms with Crippen molar-refractivity contribution in [3.63, 3.8) is 0 Å². The molecule has 1 aliphatic heterocycles. The zero-order valence-corrected chi connectivity index (χ0v) is 15.5. The van der Waals surface area contributed by atoms with Gasteiger partial charge >= 0.3 is 5.97 Å². The average Bonchev–Trinajstić information content (AvgIpc) is 2.91. The van der Waals surface area contributed by atoms with Crippen molar-refractivity contribution in [2.75, 3.05) is 4.90 Å². The highest BCUT2D eigenvalue weighted by Gasteiger charge is 2.36. The number of rotatable bonds is 5. The Labute approximate surface area is 160 Å². The van der Waals surface area contributed by atoms with Gasteiger partial charge in [0.05, 0.1) is 10.6 Å². The Morgan fingerprint density at radius 3 is 2.48 bits per heavy atom. The van der Waals surface area contributed by atoms with Crippen molar-refractivity contribution in [3.05, 3.63) is 64.6 Å². The van der Waals surface area contributed by atoms with E-state index in [2.05, 4.69) is 0 Å². The molecule has 138 valence electrons. The van der Waals surface area contributed by atoms with Crippen LogP contribution in [0.15, 0.2) is 53.4 Å². The molecule has 1 aliphatic rings. The van der Waals surface area contributed by atoms with Crippen molar-refractivity contribution in [2.24, 2.45) is 0 Å². The van der Waals surface area contributed by atoms with E-state index < -0.39 is 18.0 Å². The Bertz CT molecular complexity index is 936. The maximum absolute atomic E-state index is 12.7. The topological polar surface area (TPSA) is 83.9 Å². The number of thioether (sulfide) groups is 1. The predicted octanol–water partition coefficient (Wildman–Crippen LogP) is 4.09. The number of benzene rings is 2. The Morgan fingerprint density at radius 1 is 1.15 bits per heavy atom. The van der Waals surface area contributed by atoms with Gasteiger partial charge in [0.1, 0.15) is 5.75 Å². The van der Waals surface area contributed by atoms with Crippen LogP contribution in [0.5, 0.6) is 5.75 Å². The highest BCUT2D eigenvalue weighted by atomic mass is 32.2. The quantitative estimate of drug-likeness (QED) is 0.783. The van der Waals surface area contributed by atoms with E-state index in [-0.39, 0.29) is 10.1 Å². The maximum Gasteiger partial charge on any atom is 0.344 e. The number of hydrogen-bond donors (Lipinski definition) is 1. The second-order valence-electron chi connectivity index (χ2n) is 5.99. The van der Waals surface area contributed by atoms with Crippen LogP contribution in [0.3, 0.4) is 0 Å². The molecule has 0 radical (unpaired) electrons. The van der Waals surface area contributed by atoms with E-state index in [1.165, 1.54) is 6.92 Å². The van der Waals surface area contributed by atoms with Crippen molar-refractivity contribution in [1.82, 2.24) is 0 Å². The summed E-state index contributed by atoms with van der Waals surface area (Å²) in [7, 11) is 0. The van der Waals surface area contributed by atoms with Gasteiger partial charge in [-0.2, -0.15) is 0 Å². The lowest BCUT2D eigenvalue weighted by molar-refractivity contribution is -0.144. The number of hydrogen-bond acceptors (Lipinski definition) is 5. The fourth-order valence-electron chi connectivity index (χ4n) is 2.47. The molecule has 1 atom stereocenters. The normalized spacial score (nSPS) is 16.7. The van der Waals surface area contributed by atoms with Gasteiger partial charge < -0.3 is 9.84 Å². The molecule has 1 unspecified atom stereocenters. The molecule has 0 spiro atoms. The zero-order valence-electron chi connectivity index (χ0n) is 14.7. The van der Waals surface area contributed by atoms with Gasteiger partial charge in [0, 0.05) is 5.56 Å². The van der Waals surface area contributed by atoms with Gasteiger partial charge in [-0.05, 0) is 49.9 Å². The summed E-state index contributed by atoms with van der Waals surface area (Å²) in [4.78, 5) is 37.5. The van der Waals surface area contributed by atoms with Crippen molar-refractivity contribution < 1.29 is 24.2 Å². The molecule has 0 saturated carbocycles. The Morgan fingerprint density at radius 2 is 1.81 bits per heavy atom. The Balaban J connectivity index is 1.90. The molecule has 0 bridgehead atoms. The number of carbonyl (C=O) groups excluding carboxylic acids is 2. The molecule has 1 fully saturated rings. The van der Waals surface area contributed by atoms with Crippen LogP contribution >= 0.6 is 11.8 Å². The van der Waals surface area contributed by atoms with Crippen LogP contribution in [0.4, 0.5) is 10.5 Å². The summed E-state index contributed by atoms with van der Waals surface area (Å²) in [6, 6.07) is 13.9. The molecular weight excluding hydrogens is 366 g/mol. The first kappa shape index (κ1) is 18.7. The lowest BCUT2D eigenvalue weighted by Crippen LogP contribution is -2.27. The average molecular weight is 383 g/mol. The van der Waals surface area contributed by atoms with Crippen LogP contribution in [0, 0.1) is 6.92 Å². The number of ether oxygens (including phenoxy) is 1. The van der Waals surface area contributed by atoms with Crippen LogP contribution in [0.1, 0.15) is 18.1 Å². The molecular formula is C20H17NO5S. The highest BCUT2D eigenvalue weighted by molar-refractivity contribution is 8.19. The molecule has 7 heteroatoms. The first-order valence-electron chi connectivity index (χ1n) is 8.20. The molecule has 2 aromatic rings.